The van der Waals surface area contributed by atoms with Gasteiger partial charge in [-0.05, 0) is 31.5 Å². The van der Waals surface area contributed by atoms with Gasteiger partial charge in [0.2, 0.25) is 0 Å². The van der Waals surface area contributed by atoms with Crippen molar-refractivity contribution >= 4 is 7.60 Å². The third-order valence-corrected chi connectivity index (χ3v) is 4.22. The average molecular weight is 244 g/mol. The van der Waals surface area contributed by atoms with Crippen molar-refractivity contribution in [2.24, 2.45) is 5.73 Å². The fourth-order valence-electron chi connectivity index (χ4n) is 1.30. The van der Waals surface area contributed by atoms with Gasteiger partial charge in [-0.1, -0.05) is 0 Å². The van der Waals surface area contributed by atoms with Crippen LogP contribution in [-0.2, 0) is 13.6 Å². The van der Waals surface area contributed by atoms with E-state index < -0.39 is 13.4 Å². The van der Waals surface area contributed by atoms with Crippen molar-refractivity contribution in [3.63, 3.8) is 0 Å². The van der Waals surface area contributed by atoms with Gasteiger partial charge in [0.05, 0.1) is 13.2 Å². The molecule has 0 bridgehead atoms. The summed E-state index contributed by atoms with van der Waals surface area (Å²) in [5.41, 5.74) is 6.60. The molecule has 5 nitrogen and oxygen atoms in total. The zero-order chi connectivity index (χ0) is 12.0. The van der Waals surface area contributed by atoms with E-state index in [2.05, 4.69) is 4.98 Å². The van der Waals surface area contributed by atoms with E-state index in [4.69, 9.17) is 14.8 Å². The van der Waals surface area contributed by atoms with Crippen molar-refractivity contribution in [2.75, 3.05) is 13.2 Å². The maximum atomic E-state index is 12.3. The lowest BCUT2D eigenvalue weighted by Gasteiger charge is -2.23. The van der Waals surface area contributed by atoms with Crippen LogP contribution in [-0.4, -0.2) is 18.2 Å². The van der Waals surface area contributed by atoms with Crippen molar-refractivity contribution < 1.29 is 13.6 Å². The Morgan fingerprint density at radius 2 is 1.81 bits per heavy atom. The highest BCUT2D eigenvalue weighted by Gasteiger charge is 2.33. The summed E-state index contributed by atoms with van der Waals surface area (Å²) in [5, 5.41) is 0. The molecule has 0 amide bonds. The predicted octanol–water partition coefficient (Wildman–Crippen LogP) is 2.31. The zero-order valence-electron chi connectivity index (χ0n) is 9.50. The van der Waals surface area contributed by atoms with E-state index in [-0.39, 0.29) is 0 Å². The maximum Gasteiger partial charge on any atom is 0.351 e. The normalized spacial score (nSPS) is 13.7. The molecule has 0 aliphatic rings. The van der Waals surface area contributed by atoms with Crippen molar-refractivity contribution in [1.82, 2.24) is 4.98 Å². The van der Waals surface area contributed by atoms with Crippen LogP contribution in [0.25, 0.3) is 0 Å². The molecule has 0 saturated heterocycles. The van der Waals surface area contributed by atoms with Gasteiger partial charge in [0.15, 0.2) is 0 Å². The summed E-state index contributed by atoms with van der Waals surface area (Å²) in [6.45, 7) is 4.11. The molecule has 2 N–H and O–H groups in total. The Morgan fingerprint density at radius 1 is 1.31 bits per heavy atom. The molecule has 0 aliphatic heterocycles. The number of nitrogens with zero attached hydrogens (tertiary/aromatic N) is 1. The molecule has 0 saturated carbocycles. The highest BCUT2D eigenvalue weighted by molar-refractivity contribution is 7.54. The second-order valence-electron chi connectivity index (χ2n) is 3.10. The first-order valence-corrected chi connectivity index (χ1v) is 6.79. The van der Waals surface area contributed by atoms with Crippen LogP contribution in [0.2, 0.25) is 0 Å². The molecule has 0 aliphatic carbocycles. The molecule has 1 atom stereocenters. The molecule has 16 heavy (non-hydrogen) atoms. The predicted molar refractivity (Wildman–Crippen MR) is 62.0 cm³/mol. The van der Waals surface area contributed by atoms with Crippen molar-refractivity contribution in [3.8, 4) is 0 Å². The van der Waals surface area contributed by atoms with Crippen molar-refractivity contribution in [3.05, 3.63) is 30.1 Å². The molecule has 1 aromatic rings. The van der Waals surface area contributed by atoms with E-state index in [1.807, 2.05) is 0 Å². The number of rotatable bonds is 6. The molecule has 0 aromatic carbocycles. The Kier molecular flexibility index (Phi) is 5.09. The number of aromatic nitrogens is 1. The van der Waals surface area contributed by atoms with Gasteiger partial charge >= 0.3 is 7.60 Å². The molecule has 1 aromatic heterocycles. The van der Waals surface area contributed by atoms with Gasteiger partial charge in [0, 0.05) is 12.4 Å². The molecule has 0 fully saturated rings. The molecule has 0 unspecified atom stereocenters. The molecule has 90 valence electrons. The summed E-state index contributed by atoms with van der Waals surface area (Å²) < 4.78 is 22.7. The van der Waals surface area contributed by atoms with E-state index in [0.717, 1.165) is 0 Å². The average Bonchev–Trinajstić information content (AvgIpc) is 2.30. The van der Waals surface area contributed by atoms with Crippen molar-refractivity contribution in [2.45, 2.75) is 19.6 Å². The first-order chi connectivity index (χ1) is 7.64. The lowest BCUT2D eigenvalue weighted by Crippen LogP contribution is -2.15. The summed E-state index contributed by atoms with van der Waals surface area (Å²) in [6, 6.07) is 3.41. The molecule has 1 heterocycles. The van der Waals surface area contributed by atoms with Crippen LogP contribution in [0.5, 0.6) is 0 Å². The Hall–Kier alpha value is -0.740. The molecule has 6 heteroatoms. The van der Waals surface area contributed by atoms with Crippen LogP contribution in [0.3, 0.4) is 0 Å². The second-order valence-corrected chi connectivity index (χ2v) is 5.25. The Labute approximate surface area is 95.5 Å². The van der Waals surface area contributed by atoms with Gasteiger partial charge in [0.1, 0.15) is 5.78 Å². The first-order valence-electron chi connectivity index (χ1n) is 5.18. The first kappa shape index (κ1) is 13.3. The van der Waals surface area contributed by atoms with Gasteiger partial charge in [0.25, 0.3) is 0 Å². The van der Waals surface area contributed by atoms with Gasteiger partial charge in [-0.2, -0.15) is 0 Å². The van der Waals surface area contributed by atoms with Crippen LogP contribution < -0.4 is 5.73 Å². The minimum absolute atomic E-state index is 0.302. The van der Waals surface area contributed by atoms with Crippen LogP contribution in [0.15, 0.2) is 24.5 Å². The van der Waals surface area contributed by atoms with E-state index in [0.29, 0.717) is 18.8 Å². The molecule has 1 rings (SSSR count). The standard InChI is InChI=1S/C10H17N2O3P/c1-3-14-16(13,15-4-2)10(11)9-5-7-12-8-6-9/h5-8,10H,3-4,11H2,1-2H3/t10-/m0/s1. The van der Waals surface area contributed by atoms with Crippen LogP contribution in [0, 0.1) is 0 Å². The quantitative estimate of drug-likeness (QED) is 0.777. The highest BCUT2D eigenvalue weighted by atomic mass is 31.2. The van der Waals surface area contributed by atoms with Crippen LogP contribution in [0.1, 0.15) is 25.2 Å². The number of nitrogens with two attached hydrogens (primary N) is 1. The van der Waals surface area contributed by atoms with Gasteiger partial charge < -0.3 is 14.8 Å². The topological polar surface area (TPSA) is 74.4 Å². The summed E-state index contributed by atoms with van der Waals surface area (Å²) in [4.78, 5) is 3.87. The van der Waals surface area contributed by atoms with Crippen LogP contribution in [0.4, 0.5) is 0 Å². The lowest BCUT2D eigenvalue weighted by atomic mass is 10.3. The number of hydrogen-bond donors (Lipinski definition) is 1. The Balaban J connectivity index is 2.91. The fourth-order valence-corrected chi connectivity index (χ4v) is 2.95. The summed E-state index contributed by atoms with van der Waals surface area (Å²) in [7, 11) is -3.28. The third-order valence-electron chi connectivity index (χ3n) is 2.01. The van der Waals surface area contributed by atoms with E-state index in [9.17, 15) is 4.57 Å². The fraction of sp³-hybridized carbons (Fsp3) is 0.500. The maximum absolute atomic E-state index is 12.3. The Morgan fingerprint density at radius 3 is 2.25 bits per heavy atom. The summed E-state index contributed by atoms with van der Waals surface area (Å²) in [5.74, 6) is -0.768. The van der Waals surface area contributed by atoms with E-state index in [1.165, 1.54) is 0 Å². The zero-order valence-corrected chi connectivity index (χ0v) is 10.4. The second kappa shape index (κ2) is 6.11. The molecule has 0 spiro atoms. The van der Waals surface area contributed by atoms with Gasteiger partial charge in [-0.15, -0.1) is 0 Å². The summed E-state index contributed by atoms with van der Waals surface area (Å²) in [6.07, 6.45) is 3.19. The molecule has 0 radical (unpaired) electrons. The van der Waals surface area contributed by atoms with Crippen LogP contribution >= 0.6 is 7.60 Å². The third kappa shape index (κ3) is 3.12. The van der Waals surface area contributed by atoms with Crippen molar-refractivity contribution in [1.29, 1.82) is 0 Å². The lowest BCUT2D eigenvalue weighted by molar-refractivity contribution is 0.212. The largest absolute Gasteiger partial charge is 0.351 e. The van der Waals surface area contributed by atoms with Gasteiger partial charge in [-0.3, -0.25) is 9.55 Å². The SMILES string of the molecule is CCOP(=O)(OCC)[C@H](N)c1ccncc1. The monoisotopic (exact) mass is 244 g/mol. The van der Waals surface area contributed by atoms with E-state index in [1.54, 1.807) is 38.4 Å². The number of pyridine rings is 1. The Bertz CT molecular complexity index is 348. The molecular weight excluding hydrogens is 227 g/mol. The van der Waals surface area contributed by atoms with E-state index >= 15 is 0 Å². The minimum Gasteiger partial charge on any atom is -0.314 e. The highest BCUT2D eigenvalue weighted by Crippen LogP contribution is 2.58. The minimum atomic E-state index is -3.28. The number of hydrogen-bond acceptors (Lipinski definition) is 5. The summed E-state index contributed by atoms with van der Waals surface area (Å²) >= 11 is 0. The molecular formula is C10H17N2O3P. The van der Waals surface area contributed by atoms with Gasteiger partial charge in [-0.25, -0.2) is 0 Å². The smallest absolute Gasteiger partial charge is 0.314 e.